The smallest absolute Gasteiger partial charge is 0.119 e. The minimum Gasteiger partial charge on any atom is -0.494 e. The van der Waals surface area contributed by atoms with Crippen molar-refractivity contribution in [2.75, 3.05) is 20.3 Å². The fourth-order valence-corrected chi connectivity index (χ4v) is 1.64. The van der Waals surface area contributed by atoms with E-state index in [0.717, 1.165) is 17.7 Å². The molecule has 0 aliphatic carbocycles. The van der Waals surface area contributed by atoms with Crippen LogP contribution in [0.25, 0.3) is 0 Å². The lowest BCUT2D eigenvalue weighted by Gasteiger charge is -2.20. The molecule has 1 unspecified atom stereocenters. The first-order valence-corrected chi connectivity index (χ1v) is 6.20. The molecule has 0 spiro atoms. The first kappa shape index (κ1) is 15.0. The molecule has 102 valence electrons. The van der Waals surface area contributed by atoms with Gasteiger partial charge in [0.1, 0.15) is 5.75 Å². The van der Waals surface area contributed by atoms with Crippen LogP contribution in [0, 0.1) is 0 Å². The van der Waals surface area contributed by atoms with Gasteiger partial charge in [-0.05, 0) is 37.5 Å². The molecule has 3 N–H and O–H groups in total. The van der Waals surface area contributed by atoms with E-state index in [1.807, 2.05) is 24.3 Å². The second-order valence-corrected chi connectivity index (χ2v) is 4.73. The molecule has 4 nitrogen and oxygen atoms in total. The molecule has 1 aromatic rings. The normalized spacial score (nSPS) is 14.2. The lowest BCUT2D eigenvalue weighted by molar-refractivity contribution is 0.0536. The maximum absolute atomic E-state index is 9.74. The molecule has 0 saturated carbocycles. The average Bonchev–Trinajstić information content (AvgIpc) is 2.36. The molecule has 0 aromatic heterocycles. The summed E-state index contributed by atoms with van der Waals surface area (Å²) in [6.45, 7) is 3.17. The summed E-state index contributed by atoms with van der Waals surface area (Å²) in [6.07, 6.45) is 1.42. The van der Waals surface area contributed by atoms with Gasteiger partial charge in [0.05, 0.1) is 18.8 Å². The Morgan fingerprint density at radius 2 is 2.17 bits per heavy atom. The van der Waals surface area contributed by atoms with E-state index in [9.17, 15) is 5.11 Å². The van der Waals surface area contributed by atoms with Crippen LogP contribution in [0.1, 0.15) is 25.3 Å². The van der Waals surface area contributed by atoms with Gasteiger partial charge >= 0.3 is 0 Å². The van der Waals surface area contributed by atoms with E-state index >= 15 is 0 Å². The van der Waals surface area contributed by atoms with Crippen LogP contribution in [0.4, 0.5) is 0 Å². The van der Waals surface area contributed by atoms with Crippen molar-refractivity contribution in [3.05, 3.63) is 29.8 Å². The second kappa shape index (κ2) is 7.36. The van der Waals surface area contributed by atoms with Gasteiger partial charge in [-0.2, -0.15) is 0 Å². The summed E-state index contributed by atoms with van der Waals surface area (Å²) in [5, 5.41) is 9.74. The number of hydrogen-bond acceptors (Lipinski definition) is 4. The predicted molar refractivity (Wildman–Crippen MR) is 71.6 cm³/mol. The summed E-state index contributed by atoms with van der Waals surface area (Å²) in [4.78, 5) is 0. The second-order valence-electron chi connectivity index (χ2n) is 4.73. The fourth-order valence-electron chi connectivity index (χ4n) is 1.64. The van der Waals surface area contributed by atoms with Gasteiger partial charge in [-0.1, -0.05) is 12.1 Å². The molecule has 18 heavy (non-hydrogen) atoms. The molecule has 0 heterocycles. The Morgan fingerprint density at radius 3 is 2.83 bits per heavy atom. The number of methoxy groups -OCH3 is 1. The number of hydrogen-bond donors (Lipinski definition) is 2. The highest BCUT2D eigenvalue weighted by molar-refractivity contribution is 5.28. The van der Waals surface area contributed by atoms with Crippen LogP contribution >= 0.6 is 0 Å². The van der Waals surface area contributed by atoms with Crippen LogP contribution in [-0.4, -0.2) is 31.0 Å². The molecule has 0 saturated heterocycles. The van der Waals surface area contributed by atoms with Gasteiger partial charge in [-0.3, -0.25) is 0 Å². The maximum Gasteiger partial charge on any atom is 0.119 e. The summed E-state index contributed by atoms with van der Waals surface area (Å²) in [6, 6.07) is 7.82. The lowest BCUT2D eigenvalue weighted by atomic mass is 10.0. The third-order valence-electron chi connectivity index (χ3n) is 2.78. The van der Waals surface area contributed by atoms with Crippen molar-refractivity contribution in [1.82, 2.24) is 0 Å². The van der Waals surface area contributed by atoms with Crippen LogP contribution < -0.4 is 10.5 Å². The Hall–Kier alpha value is -1.10. The summed E-state index contributed by atoms with van der Waals surface area (Å²) in [5.41, 5.74) is 5.74. The first-order valence-electron chi connectivity index (χ1n) is 6.20. The van der Waals surface area contributed by atoms with Crippen molar-refractivity contribution in [3.8, 4) is 5.75 Å². The maximum atomic E-state index is 9.74. The zero-order valence-corrected chi connectivity index (χ0v) is 11.2. The quantitative estimate of drug-likeness (QED) is 0.692. The van der Waals surface area contributed by atoms with Crippen LogP contribution in [-0.2, 0) is 11.3 Å². The van der Waals surface area contributed by atoms with Crippen LogP contribution in [0.5, 0.6) is 5.75 Å². The molecule has 0 bridgehead atoms. The van der Waals surface area contributed by atoms with E-state index in [1.165, 1.54) is 0 Å². The molecule has 0 aliphatic rings. The molecule has 0 fully saturated rings. The number of rotatable bonds is 8. The number of aliphatic hydroxyl groups is 1. The van der Waals surface area contributed by atoms with Crippen molar-refractivity contribution in [3.63, 3.8) is 0 Å². The summed E-state index contributed by atoms with van der Waals surface area (Å²) in [7, 11) is 1.67. The van der Waals surface area contributed by atoms with E-state index in [-0.39, 0.29) is 6.54 Å². The number of nitrogens with two attached hydrogens (primary N) is 1. The topological polar surface area (TPSA) is 64.7 Å². The summed E-state index contributed by atoms with van der Waals surface area (Å²) >= 11 is 0. The number of ether oxygens (including phenoxy) is 2. The Kier molecular flexibility index (Phi) is 6.12. The molecule has 0 amide bonds. The Balaban J connectivity index is 2.33. The van der Waals surface area contributed by atoms with Crippen LogP contribution in [0.15, 0.2) is 24.3 Å². The molecule has 0 radical (unpaired) electrons. The monoisotopic (exact) mass is 253 g/mol. The van der Waals surface area contributed by atoms with Crippen molar-refractivity contribution in [2.45, 2.75) is 32.0 Å². The van der Waals surface area contributed by atoms with Gasteiger partial charge < -0.3 is 20.3 Å². The van der Waals surface area contributed by atoms with Gasteiger partial charge in [-0.25, -0.2) is 0 Å². The standard InChI is InChI=1S/C14H23NO3/c1-14(16,11-15)7-4-8-18-13-6-3-5-12(9-13)10-17-2/h3,5-6,9,16H,4,7-8,10-11,15H2,1-2H3. The van der Waals surface area contributed by atoms with Crippen molar-refractivity contribution in [1.29, 1.82) is 0 Å². The summed E-state index contributed by atoms with van der Waals surface area (Å²) < 4.78 is 10.7. The highest BCUT2D eigenvalue weighted by Gasteiger charge is 2.16. The van der Waals surface area contributed by atoms with E-state index in [0.29, 0.717) is 19.6 Å². The Labute approximate surface area is 109 Å². The van der Waals surface area contributed by atoms with E-state index in [4.69, 9.17) is 15.2 Å². The SMILES string of the molecule is COCc1cccc(OCCCC(C)(O)CN)c1. The molecular weight excluding hydrogens is 230 g/mol. The minimum atomic E-state index is -0.790. The van der Waals surface area contributed by atoms with E-state index in [2.05, 4.69) is 0 Å². The zero-order valence-electron chi connectivity index (χ0n) is 11.2. The van der Waals surface area contributed by atoms with Crippen molar-refractivity contribution in [2.24, 2.45) is 5.73 Å². The highest BCUT2D eigenvalue weighted by Crippen LogP contribution is 2.15. The largest absolute Gasteiger partial charge is 0.494 e. The van der Waals surface area contributed by atoms with Gasteiger partial charge in [0.2, 0.25) is 0 Å². The Morgan fingerprint density at radius 1 is 1.39 bits per heavy atom. The third-order valence-corrected chi connectivity index (χ3v) is 2.78. The van der Waals surface area contributed by atoms with E-state index in [1.54, 1.807) is 14.0 Å². The van der Waals surface area contributed by atoms with Crippen molar-refractivity contribution >= 4 is 0 Å². The molecule has 1 atom stereocenters. The van der Waals surface area contributed by atoms with Gasteiger partial charge in [-0.15, -0.1) is 0 Å². The number of benzene rings is 1. The third kappa shape index (κ3) is 5.49. The predicted octanol–water partition coefficient (Wildman–Crippen LogP) is 1.70. The lowest BCUT2D eigenvalue weighted by Crippen LogP contribution is -2.34. The molecule has 1 rings (SSSR count). The molecule has 1 aromatic carbocycles. The zero-order chi connectivity index (χ0) is 13.4. The Bertz CT molecular complexity index is 353. The van der Waals surface area contributed by atoms with Crippen molar-refractivity contribution < 1.29 is 14.6 Å². The average molecular weight is 253 g/mol. The van der Waals surface area contributed by atoms with Gasteiger partial charge in [0.25, 0.3) is 0 Å². The highest BCUT2D eigenvalue weighted by atomic mass is 16.5. The van der Waals surface area contributed by atoms with E-state index < -0.39 is 5.60 Å². The molecular formula is C14H23NO3. The van der Waals surface area contributed by atoms with Crippen LogP contribution in [0.3, 0.4) is 0 Å². The van der Waals surface area contributed by atoms with Crippen LogP contribution in [0.2, 0.25) is 0 Å². The fraction of sp³-hybridized carbons (Fsp3) is 0.571. The molecule has 4 heteroatoms. The van der Waals surface area contributed by atoms with Gasteiger partial charge in [0, 0.05) is 13.7 Å². The summed E-state index contributed by atoms with van der Waals surface area (Å²) in [5.74, 6) is 0.831. The first-order chi connectivity index (χ1) is 8.57. The molecule has 0 aliphatic heterocycles. The minimum absolute atomic E-state index is 0.274. The van der Waals surface area contributed by atoms with Gasteiger partial charge in [0.15, 0.2) is 0 Å².